The van der Waals surface area contributed by atoms with Gasteiger partial charge in [0.1, 0.15) is 12.4 Å². The van der Waals surface area contributed by atoms with Crippen LogP contribution in [0.4, 0.5) is 0 Å². The molecule has 3 aromatic rings. The molecule has 38 heavy (non-hydrogen) atoms. The molecule has 198 valence electrons. The van der Waals surface area contributed by atoms with Gasteiger partial charge in [-0.25, -0.2) is 9.79 Å². The maximum absolute atomic E-state index is 13.8. The summed E-state index contributed by atoms with van der Waals surface area (Å²) in [4.78, 5) is 31.9. The average molecular weight is 535 g/mol. The summed E-state index contributed by atoms with van der Waals surface area (Å²) in [6, 6.07) is 12.1. The van der Waals surface area contributed by atoms with Crippen LogP contribution in [0.25, 0.3) is 6.08 Å². The highest BCUT2D eigenvalue weighted by Gasteiger charge is 2.33. The fourth-order valence-electron chi connectivity index (χ4n) is 4.21. The van der Waals surface area contributed by atoms with Gasteiger partial charge in [0.2, 0.25) is 0 Å². The van der Waals surface area contributed by atoms with Crippen molar-refractivity contribution in [1.82, 2.24) is 4.57 Å². The lowest BCUT2D eigenvalue weighted by Crippen LogP contribution is -2.39. The molecule has 0 radical (unpaired) electrons. The van der Waals surface area contributed by atoms with Crippen LogP contribution in [-0.4, -0.2) is 37.5 Å². The Morgan fingerprint density at radius 2 is 1.87 bits per heavy atom. The molecule has 0 aliphatic carbocycles. The third-order valence-corrected chi connectivity index (χ3v) is 6.85. The molecule has 0 bridgehead atoms. The quantitative estimate of drug-likeness (QED) is 0.291. The summed E-state index contributed by atoms with van der Waals surface area (Å²) >= 11 is 1.26. The smallest absolute Gasteiger partial charge is 0.338 e. The van der Waals surface area contributed by atoms with Gasteiger partial charge < -0.3 is 18.9 Å². The first-order chi connectivity index (χ1) is 18.4. The van der Waals surface area contributed by atoms with Gasteiger partial charge >= 0.3 is 5.97 Å². The Balaban J connectivity index is 1.85. The van der Waals surface area contributed by atoms with Crippen LogP contribution in [0.5, 0.6) is 17.2 Å². The van der Waals surface area contributed by atoms with Crippen LogP contribution in [0, 0.1) is 0 Å². The largest absolute Gasteiger partial charge is 0.494 e. The van der Waals surface area contributed by atoms with E-state index in [4.69, 9.17) is 18.9 Å². The lowest BCUT2D eigenvalue weighted by molar-refractivity contribution is -0.139. The van der Waals surface area contributed by atoms with E-state index in [1.165, 1.54) is 11.3 Å². The second-order valence-corrected chi connectivity index (χ2v) is 9.32. The van der Waals surface area contributed by atoms with E-state index in [2.05, 4.69) is 11.6 Å². The highest BCUT2D eigenvalue weighted by Crippen LogP contribution is 2.32. The van der Waals surface area contributed by atoms with Crippen LogP contribution in [-0.2, 0) is 9.53 Å². The Kier molecular flexibility index (Phi) is 8.48. The first-order valence-electron chi connectivity index (χ1n) is 12.3. The van der Waals surface area contributed by atoms with Crippen LogP contribution >= 0.6 is 11.3 Å². The van der Waals surface area contributed by atoms with E-state index in [-0.39, 0.29) is 12.2 Å². The highest BCUT2D eigenvalue weighted by molar-refractivity contribution is 7.07. The number of carbonyl (C=O) groups excluding carboxylic acids is 1. The van der Waals surface area contributed by atoms with Gasteiger partial charge in [0.25, 0.3) is 5.56 Å². The summed E-state index contributed by atoms with van der Waals surface area (Å²) in [7, 11) is 1.56. The molecule has 9 heteroatoms. The van der Waals surface area contributed by atoms with Crippen molar-refractivity contribution in [3.63, 3.8) is 0 Å². The van der Waals surface area contributed by atoms with Gasteiger partial charge in [-0.3, -0.25) is 9.36 Å². The van der Waals surface area contributed by atoms with Gasteiger partial charge in [0.15, 0.2) is 16.3 Å². The molecule has 0 saturated heterocycles. The predicted molar refractivity (Wildman–Crippen MR) is 147 cm³/mol. The molecule has 0 saturated carbocycles. The molecule has 8 nitrogen and oxygen atoms in total. The number of carbonyl (C=O) groups is 1. The first-order valence-corrected chi connectivity index (χ1v) is 13.1. The van der Waals surface area contributed by atoms with Crippen LogP contribution in [0.1, 0.15) is 37.9 Å². The van der Waals surface area contributed by atoms with Crippen LogP contribution < -0.4 is 29.1 Å². The maximum Gasteiger partial charge on any atom is 0.338 e. The number of nitrogens with zero attached hydrogens (tertiary/aromatic N) is 2. The summed E-state index contributed by atoms with van der Waals surface area (Å²) in [5.74, 6) is 1.33. The highest BCUT2D eigenvalue weighted by atomic mass is 32.1. The number of benzene rings is 2. The Labute approximate surface area is 224 Å². The van der Waals surface area contributed by atoms with Crippen LogP contribution in [0.2, 0.25) is 0 Å². The lowest BCUT2D eigenvalue weighted by Gasteiger charge is -2.24. The van der Waals surface area contributed by atoms with Crippen molar-refractivity contribution < 1.29 is 23.7 Å². The number of aromatic nitrogens is 1. The number of methoxy groups -OCH3 is 1. The number of ether oxygens (including phenoxy) is 4. The standard InChI is InChI=1S/C29H30N2O6S/c1-6-15-37-22-14-9-19(16-23(22)34-5)17-24-27(32)31-26(20-10-12-21(13-11-20)35-7-2)25(28(33)36-8-3)18(4)30-29(31)38-24/h6,9-14,16-17,26H,1,7-8,15H2,2-5H3/b24-17-/t26-/m0/s1. The molecular weight excluding hydrogens is 504 g/mol. The molecule has 1 aliphatic rings. The van der Waals surface area contributed by atoms with Crippen molar-refractivity contribution >= 4 is 23.4 Å². The van der Waals surface area contributed by atoms with Gasteiger partial charge in [-0.15, -0.1) is 0 Å². The van der Waals surface area contributed by atoms with Gasteiger partial charge in [-0.1, -0.05) is 42.2 Å². The monoisotopic (exact) mass is 534 g/mol. The summed E-state index contributed by atoms with van der Waals surface area (Å²) in [6.45, 7) is 10.2. The fourth-order valence-corrected chi connectivity index (χ4v) is 5.26. The zero-order valence-electron chi connectivity index (χ0n) is 21.9. The third kappa shape index (κ3) is 5.43. The average Bonchev–Trinajstić information content (AvgIpc) is 3.21. The van der Waals surface area contributed by atoms with Gasteiger partial charge in [0.05, 0.1) is 42.2 Å². The van der Waals surface area contributed by atoms with E-state index in [0.29, 0.717) is 51.1 Å². The Hall–Kier alpha value is -4.11. The first kappa shape index (κ1) is 26.9. The van der Waals surface area contributed by atoms with E-state index in [1.54, 1.807) is 49.8 Å². The number of hydrogen-bond donors (Lipinski definition) is 0. The molecular formula is C29H30N2O6S. The van der Waals surface area contributed by atoms with Crippen molar-refractivity contribution in [2.24, 2.45) is 4.99 Å². The number of esters is 1. The minimum Gasteiger partial charge on any atom is -0.494 e. The minimum absolute atomic E-state index is 0.213. The van der Waals surface area contributed by atoms with Crippen molar-refractivity contribution in [1.29, 1.82) is 0 Å². The minimum atomic E-state index is -0.688. The SMILES string of the molecule is C=CCOc1ccc(/C=c2\sc3n(c2=O)[C@@H](c2ccc(OCC)cc2)C(C(=O)OCC)=C(C)N=3)cc1OC. The Morgan fingerprint density at radius 3 is 2.53 bits per heavy atom. The molecule has 4 rings (SSSR count). The molecule has 2 heterocycles. The van der Waals surface area contributed by atoms with Crippen LogP contribution in [0.15, 0.2) is 76.2 Å². The maximum atomic E-state index is 13.8. The zero-order chi connectivity index (χ0) is 27.2. The number of fused-ring (bicyclic) bond motifs is 1. The summed E-state index contributed by atoms with van der Waals surface area (Å²) in [5.41, 5.74) is 2.11. The topological polar surface area (TPSA) is 88.4 Å². The molecule has 1 aliphatic heterocycles. The normalized spacial score (nSPS) is 14.9. The van der Waals surface area contributed by atoms with Gasteiger partial charge in [-0.2, -0.15) is 0 Å². The molecule has 2 aromatic carbocycles. The van der Waals surface area contributed by atoms with Crippen molar-refractivity contribution in [2.75, 3.05) is 26.9 Å². The molecule has 0 amide bonds. The lowest BCUT2D eigenvalue weighted by atomic mass is 9.96. The molecule has 0 fully saturated rings. The summed E-state index contributed by atoms with van der Waals surface area (Å²) in [6.07, 6.45) is 3.43. The van der Waals surface area contributed by atoms with E-state index < -0.39 is 12.0 Å². The zero-order valence-corrected chi connectivity index (χ0v) is 22.7. The Bertz CT molecular complexity index is 1550. The van der Waals surface area contributed by atoms with E-state index in [1.807, 2.05) is 37.3 Å². The van der Waals surface area contributed by atoms with Crippen LogP contribution in [0.3, 0.4) is 0 Å². The van der Waals surface area contributed by atoms with E-state index in [0.717, 1.165) is 11.1 Å². The molecule has 1 aromatic heterocycles. The van der Waals surface area contributed by atoms with Gasteiger partial charge in [0, 0.05) is 0 Å². The van der Waals surface area contributed by atoms with Crippen molar-refractivity contribution in [2.45, 2.75) is 26.8 Å². The number of rotatable bonds is 10. The molecule has 1 atom stereocenters. The van der Waals surface area contributed by atoms with Gasteiger partial charge in [-0.05, 0) is 62.2 Å². The number of allylic oxidation sites excluding steroid dienone is 1. The van der Waals surface area contributed by atoms with Crippen molar-refractivity contribution in [3.8, 4) is 17.2 Å². The Morgan fingerprint density at radius 1 is 1.11 bits per heavy atom. The molecule has 0 N–H and O–H groups in total. The number of hydrogen-bond acceptors (Lipinski definition) is 8. The molecule has 0 unspecified atom stereocenters. The third-order valence-electron chi connectivity index (χ3n) is 5.87. The van der Waals surface area contributed by atoms with E-state index >= 15 is 0 Å². The second-order valence-electron chi connectivity index (χ2n) is 8.31. The second kappa shape index (κ2) is 12.0. The molecule has 0 spiro atoms. The summed E-state index contributed by atoms with van der Waals surface area (Å²) in [5, 5.41) is 0. The number of thiazole rings is 1. The predicted octanol–water partition coefficient (Wildman–Crippen LogP) is 3.77. The fraction of sp³-hybridized carbons (Fsp3) is 0.276. The van der Waals surface area contributed by atoms with Crippen molar-refractivity contribution in [3.05, 3.63) is 97.2 Å². The van der Waals surface area contributed by atoms with E-state index in [9.17, 15) is 9.59 Å². The summed E-state index contributed by atoms with van der Waals surface area (Å²) < 4.78 is 24.1.